The Bertz CT molecular complexity index is 482. The first kappa shape index (κ1) is 14.3. The highest BCUT2D eigenvalue weighted by molar-refractivity contribution is 6.30. The van der Waals surface area contributed by atoms with Crippen molar-refractivity contribution in [3.63, 3.8) is 0 Å². The van der Waals surface area contributed by atoms with E-state index in [1.807, 2.05) is 18.5 Å². The van der Waals surface area contributed by atoms with Crippen LogP contribution in [0.15, 0.2) is 0 Å². The molecule has 1 aromatic heterocycles. The second kappa shape index (κ2) is 5.91. The molecule has 0 amide bonds. The molecule has 19 heavy (non-hydrogen) atoms. The van der Waals surface area contributed by atoms with E-state index in [4.69, 9.17) is 11.6 Å². The molecule has 0 bridgehead atoms. The van der Waals surface area contributed by atoms with Crippen LogP contribution in [0.3, 0.4) is 0 Å². The third kappa shape index (κ3) is 2.76. The van der Waals surface area contributed by atoms with Gasteiger partial charge in [0.1, 0.15) is 11.9 Å². The fourth-order valence-electron chi connectivity index (χ4n) is 2.54. The highest BCUT2D eigenvalue weighted by Crippen LogP contribution is 2.28. The zero-order valence-electron chi connectivity index (χ0n) is 11.7. The molecule has 2 rings (SSSR count). The fraction of sp³-hybridized carbons (Fsp3) is 0.692. The maximum Gasteiger partial charge on any atom is 0.153 e. The van der Waals surface area contributed by atoms with Gasteiger partial charge in [0.15, 0.2) is 5.15 Å². The van der Waals surface area contributed by atoms with Gasteiger partial charge in [0.2, 0.25) is 0 Å². The van der Waals surface area contributed by atoms with E-state index in [9.17, 15) is 5.26 Å². The molecule has 0 saturated carbocycles. The van der Waals surface area contributed by atoms with Crippen molar-refractivity contribution in [1.82, 2.24) is 19.4 Å². The molecular weight excluding hydrogens is 262 g/mol. The molecule has 2 heterocycles. The van der Waals surface area contributed by atoms with Crippen LogP contribution in [0.2, 0.25) is 5.15 Å². The minimum atomic E-state index is -0.308. The Morgan fingerprint density at radius 2 is 2.00 bits per heavy atom. The highest BCUT2D eigenvalue weighted by Gasteiger charge is 2.29. The molecular formula is C13H20ClN5. The third-order valence-electron chi connectivity index (χ3n) is 3.92. The molecule has 0 aliphatic carbocycles. The van der Waals surface area contributed by atoms with Crippen molar-refractivity contribution in [2.45, 2.75) is 19.9 Å². The molecule has 0 spiro atoms. The van der Waals surface area contributed by atoms with E-state index in [-0.39, 0.29) is 6.04 Å². The number of imidazole rings is 1. The van der Waals surface area contributed by atoms with Crippen molar-refractivity contribution in [3.8, 4) is 6.07 Å². The van der Waals surface area contributed by atoms with Gasteiger partial charge in [-0.25, -0.2) is 4.98 Å². The second-order valence-corrected chi connectivity index (χ2v) is 5.25. The van der Waals surface area contributed by atoms with Gasteiger partial charge < -0.3 is 9.47 Å². The number of piperazine rings is 1. The van der Waals surface area contributed by atoms with Crippen LogP contribution >= 0.6 is 11.6 Å². The zero-order chi connectivity index (χ0) is 14.0. The molecule has 1 aliphatic rings. The van der Waals surface area contributed by atoms with E-state index < -0.39 is 0 Å². The minimum Gasteiger partial charge on any atom is -0.332 e. The summed E-state index contributed by atoms with van der Waals surface area (Å²) in [5.41, 5.74) is 0.812. The first-order valence-electron chi connectivity index (χ1n) is 6.63. The lowest BCUT2D eigenvalue weighted by atomic mass is 10.1. The number of hydrogen-bond donors (Lipinski definition) is 0. The van der Waals surface area contributed by atoms with Gasteiger partial charge in [0.25, 0.3) is 0 Å². The number of nitrogens with zero attached hydrogens (tertiary/aromatic N) is 5. The van der Waals surface area contributed by atoms with Crippen LogP contribution in [-0.2, 0) is 7.05 Å². The van der Waals surface area contributed by atoms with E-state index in [2.05, 4.69) is 27.8 Å². The molecule has 0 N–H and O–H groups in total. The molecule has 1 aromatic rings. The van der Waals surface area contributed by atoms with E-state index in [1.165, 1.54) is 0 Å². The van der Waals surface area contributed by atoms with Crippen LogP contribution in [0.1, 0.15) is 24.5 Å². The summed E-state index contributed by atoms with van der Waals surface area (Å²) >= 11 is 6.18. The van der Waals surface area contributed by atoms with Gasteiger partial charge in [-0.2, -0.15) is 5.26 Å². The maximum atomic E-state index is 9.51. The quantitative estimate of drug-likeness (QED) is 0.844. The van der Waals surface area contributed by atoms with Crippen LogP contribution in [0.4, 0.5) is 0 Å². The summed E-state index contributed by atoms with van der Waals surface area (Å²) in [5, 5.41) is 9.96. The average Bonchev–Trinajstić information content (AvgIpc) is 2.67. The molecule has 1 fully saturated rings. The van der Waals surface area contributed by atoms with Crippen LogP contribution in [-0.4, -0.2) is 52.1 Å². The van der Waals surface area contributed by atoms with Crippen molar-refractivity contribution in [1.29, 1.82) is 5.26 Å². The van der Waals surface area contributed by atoms with Crippen molar-refractivity contribution >= 4 is 11.6 Å². The Morgan fingerprint density at radius 1 is 1.37 bits per heavy atom. The Balaban J connectivity index is 2.20. The molecule has 104 valence electrons. The summed E-state index contributed by atoms with van der Waals surface area (Å²) in [6, 6.07) is 2.07. The summed E-state index contributed by atoms with van der Waals surface area (Å²) in [6.07, 6.45) is 0. The molecule has 0 aromatic carbocycles. The molecule has 1 unspecified atom stereocenters. The van der Waals surface area contributed by atoms with E-state index in [0.29, 0.717) is 5.15 Å². The number of halogens is 1. The molecule has 1 atom stereocenters. The predicted octanol–water partition coefficient (Wildman–Crippen LogP) is 1.58. The summed E-state index contributed by atoms with van der Waals surface area (Å²) in [5.74, 6) is 0.840. The van der Waals surface area contributed by atoms with Crippen molar-refractivity contribution in [3.05, 3.63) is 16.7 Å². The van der Waals surface area contributed by atoms with E-state index >= 15 is 0 Å². The number of rotatable bonds is 3. The lowest BCUT2D eigenvalue weighted by Gasteiger charge is -2.36. The number of aryl methyl sites for hydroxylation is 1. The normalized spacial score (nSPS) is 19.3. The molecule has 1 aliphatic heterocycles. The van der Waals surface area contributed by atoms with Gasteiger partial charge in [-0.05, 0) is 13.5 Å². The van der Waals surface area contributed by atoms with Gasteiger partial charge in [-0.15, -0.1) is 0 Å². The maximum absolute atomic E-state index is 9.51. The van der Waals surface area contributed by atoms with Crippen LogP contribution in [0.25, 0.3) is 0 Å². The number of likely N-dealkylation sites (N-methyl/N-ethyl adjacent to an activating group) is 1. The van der Waals surface area contributed by atoms with Crippen LogP contribution < -0.4 is 0 Å². The zero-order valence-corrected chi connectivity index (χ0v) is 12.5. The van der Waals surface area contributed by atoms with E-state index in [1.54, 1.807) is 0 Å². The average molecular weight is 282 g/mol. The predicted molar refractivity (Wildman–Crippen MR) is 75.0 cm³/mol. The van der Waals surface area contributed by atoms with Gasteiger partial charge in [0, 0.05) is 33.2 Å². The second-order valence-electron chi connectivity index (χ2n) is 4.90. The van der Waals surface area contributed by atoms with Crippen LogP contribution in [0.5, 0.6) is 0 Å². The van der Waals surface area contributed by atoms with Crippen LogP contribution in [0, 0.1) is 18.3 Å². The third-order valence-corrected chi connectivity index (χ3v) is 4.20. The Hall–Kier alpha value is -1.09. The Labute approximate surface area is 119 Å². The minimum absolute atomic E-state index is 0.308. The SMILES string of the molecule is CCN1CCN(C(C#N)c2c(Cl)nc(C)n2C)CC1. The molecule has 0 radical (unpaired) electrons. The van der Waals surface area contributed by atoms with Crippen molar-refractivity contribution in [2.24, 2.45) is 7.05 Å². The van der Waals surface area contributed by atoms with Gasteiger partial charge in [-0.1, -0.05) is 18.5 Å². The summed E-state index contributed by atoms with van der Waals surface area (Å²) in [4.78, 5) is 8.82. The summed E-state index contributed by atoms with van der Waals surface area (Å²) in [7, 11) is 1.91. The number of aromatic nitrogens is 2. The molecule has 5 nitrogen and oxygen atoms in total. The summed E-state index contributed by atoms with van der Waals surface area (Å²) < 4.78 is 1.92. The highest BCUT2D eigenvalue weighted by atomic mass is 35.5. The largest absolute Gasteiger partial charge is 0.332 e. The topological polar surface area (TPSA) is 48.1 Å². The molecule has 1 saturated heterocycles. The lowest BCUT2D eigenvalue weighted by molar-refractivity contribution is 0.116. The van der Waals surface area contributed by atoms with Gasteiger partial charge in [0.05, 0.1) is 11.8 Å². The van der Waals surface area contributed by atoms with Gasteiger partial charge in [-0.3, -0.25) is 4.90 Å². The van der Waals surface area contributed by atoms with Gasteiger partial charge >= 0.3 is 0 Å². The van der Waals surface area contributed by atoms with Crippen molar-refractivity contribution < 1.29 is 0 Å². The first-order chi connectivity index (χ1) is 9.08. The fourth-order valence-corrected chi connectivity index (χ4v) is 2.89. The standard InChI is InChI=1S/C13H20ClN5/c1-4-18-5-7-19(8-6-18)11(9-15)12-13(14)16-10(2)17(12)3/h11H,4-8H2,1-3H3. The lowest BCUT2D eigenvalue weighted by Crippen LogP contribution is -2.47. The smallest absolute Gasteiger partial charge is 0.153 e. The van der Waals surface area contributed by atoms with E-state index in [0.717, 1.165) is 44.2 Å². The number of hydrogen-bond acceptors (Lipinski definition) is 4. The first-order valence-corrected chi connectivity index (χ1v) is 7.01. The number of nitriles is 1. The monoisotopic (exact) mass is 281 g/mol. The molecule has 6 heteroatoms. The Morgan fingerprint density at radius 3 is 2.42 bits per heavy atom. The summed E-state index contributed by atoms with van der Waals surface area (Å²) in [6.45, 7) is 8.93. The Kier molecular flexibility index (Phi) is 4.46. The van der Waals surface area contributed by atoms with Crippen molar-refractivity contribution in [2.75, 3.05) is 32.7 Å².